The van der Waals surface area contributed by atoms with E-state index >= 15 is 0 Å². The lowest BCUT2D eigenvalue weighted by Crippen LogP contribution is -2.30. The van der Waals surface area contributed by atoms with Gasteiger partial charge < -0.3 is 5.11 Å². The van der Waals surface area contributed by atoms with Crippen LogP contribution in [0.5, 0.6) is 5.75 Å². The fourth-order valence-electron chi connectivity index (χ4n) is 4.05. The fourth-order valence-corrected chi connectivity index (χ4v) is 5.22. The van der Waals surface area contributed by atoms with Crippen molar-refractivity contribution in [1.82, 2.24) is 9.62 Å². The second-order valence-corrected chi connectivity index (χ2v) is 9.82. The molecule has 0 aromatic heterocycles. The Morgan fingerprint density at radius 3 is 2.66 bits per heavy atom. The maximum Gasteiger partial charge on any atom is 0.326 e. The second kappa shape index (κ2) is 7.14. The summed E-state index contributed by atoms with van der Waals surface area (Å²) in [6.45, 7) is 6.71. The fraction of sp³-hybridized carbons (Fsp3) is 0.450. The number of aromatic hydroxyl groups is 1. The average Bonchev–Trinajstić information content (AvgIpc) is 3.23. The highest BCUT2D eigenvalue weighted by Crippen LogP contribution is 2.40. The molecular formula is C20H24FN3O4S. The largest absolute Gasteiger partial charge is 0.506 e. The van der Waals surface area contributed by atoms with Crippen LogP contribution in [-0.4, -0.2) is 50.5 Å². The first kappa shape index (κ1) is 19.9. The molecule has 9 heteroatoms. The molecule has 0 saturated carbocycles. The minimum absolute atomic E-state index is 0.280. The zero-order valence-electron chi connectivity index (χ0n) is 16.4. The Balaban J connectivity index is 1.55. The van der Waals surface area contributed by atoms with Gasteiger partial charge in [-0.15, -0.1) is 0 Å². The summed E-state index contributed by atoms with van der Waals surface area (Å²) in [5, 5.41) is 10.3. The molecule has 0 radical (unpaired) electrons. The molecule has 156 valence electrons. The molecule has 0 bridgehead atoms. The summed E-state index contributed by atoms with van der Waals surface area (Å²) in [5.74, 6) is -1.25. The highest BCUT2D eigenvalue weighted by molar-refractivity contribution is 7.92. The van der Waals surface area contributed by atoms with E-state index in [1.807, 2.05) is 6.08 Å². The minimum atomic E-state index is -4.19. The summed E-state index contributed by atoms with van der Waals surface area (Å²) in [4.78, 5) is 13.8. The molecule has 2 N–H and O–H groups in total. The van der Waals surface area contributed by atoms with E-state index in [1.165, 1.54) is 17.7 Å². The van der Waals surface area contributed by atoms with Crippen molar-refractivity contribution in [2.45, 2.75) is 20.3 Å². The summed E-state index contributed by atoms with van der Waals surface area (Å²) in [6.07, 6.45) is 5.23. The Hall–Kier alpha value is -2.39. The predicted molar refractivity (Wildman–Crippen MR) is 108 cm³/mol. The molecule has 1 atom stereocenters. The number of phenolic OH excluding ortho intramolecular Hbond substituents is 1. The smallest absolute Gasteiger partial charge is 0.326 e. The molecule has 29 heavy (non-hydrogen) atoms. The van der Waals surface area contributed by atoms with E-state index in [0.29, 0.717) is 15.8 Å². The van der Waals surface area contributed by atoms with Crippen molar-refractivity contribution in [1.29, 1.82) is 0 Å². The van der Waals surface area contributed by atoms with Crippen LogP contribution in [-0.2, 0) is 15.0 Å². The zero-order chi connectivity index (χ0) is 20.9. The van der Waals surface area contributed by atoms with Crippen LogP contribution in [0.25, 0.3) is 5.57 Å². The van der Waals surface area contributed by atoms with Crippen molar-refractivity contribution < 1.29 is 22.7 Å². The van der Waals surface area contributed by atoms with Crippen LogP contribution in [0.4, 0.5) is 10.1 Å². The van der Waals surface area contributed by atoms with Gasteiger partial charge in [-0.3, -0.25) is 9.69 Å². The van der Waals surface area contributed by atoms with E-state index in [2.05, 4.69) is 24.8 Å². The molecule has 1 aromatic carbocycles. The van der Waals surface area contributed by atoms with Gasteiger partial charge >= 0.3 is 10.2 Å². The molecule has 1 aliphatic carbocycles. The monoisotopic (exact) mass is 421 g/mol. The predicted octanol–water partition coefficient (Wildman–Crippen LogP) is 2.01. The van der Waals surface area contributed by atoms with Gasteiger partial charge in [-0.05, 0) is 47.7 Å². The first-order valence-corrected chi connectivity index (χ1v) is 11.1. The molecule has 7 nitrogen and oxygen atoms in total. The van der Waals surface area contributed by atoms with Crippen LogP contribution in [0.1, 0.15) is 25.8 Å². The molecule has 4 rings (SSSR count). The second-order valence-electron chi connectivity index (χ2n) is 8.23. The number of likely N-dealkylation sites (tertiary alicyclic amines) is 1. The maximum atomic E-state index is 14.8. The highest BCUT2D eigenvalue weighted by Gasteiger charge is 2.38. The third-order valence-electron chi connectivity index (χ3n) is 5.53. The van der Waals surface area contributed by atoms with Gasteiger partial charge in [0.05, 0.1) is 0 Å². The lowest BCUT2D eigenvalue weighted by Gasteiger charge is -2.18. The van der Waals surface area contributed by atoms with E-state index in [-0.39, 0.29) is 5.92 Å². The Labute approximate surface area is 169 Å². The molecular weight excluding hydrogens is 397 g/mol. The number of halogens is 1. The van der Waals surface area contributed by atoms with Crippen LogP contribution < -0.4 is 9.03 Å². The number of hydrogen-bond donors (Lipinski definition) is 2. The van der Waals surface area contributed by atoms with Crippen molar-refractivity contribution in [3.63, 3.8) is 0 Å². The SMILES string of the molecule is CC(C)CCN1CC2=CC(c3cc(O)c(N4CC(=O)NS4(=O)=O)c(F)c3)=C[C@H]2C1. The van der Waals surface area contributed by atoms with Crippen LogP contribution in [0.2, 0.25) is 0 Å². The number of fused-ring (bicyclic) bond motifs is 1. The third kappa shape index (κ3) is 3.76. The third-order valence-corrected chi connectivity index (χ3v) is 6.91. The first-order valence-electron chi connectivity index (χ1n) is 9.65. The Morgan fingerprint density at radius 1 is 1.31 bits per heavy atom. The standard InChI is InChI=1S/C20H24FN3O4S/c1-12(2)3-4-23-9-15-5-13(6-16(15)10-23)14-7-17(21)20(18(25)8-14)24-11-19(26)22-29(24,27)28/h5-8,12,15,25H,3-4,9-11H2,1-2H3,(H,22,26)/t15-/m0/s1. The number of benzene rings is 1. The number of nitrogens with one attached hydrogen (secondary N) is 1. The number of nitrogens with zero attached hydrogens (tertiary/aromatic N) is 2. The van der Waals surface area contributed by atoms with Crippen LogP contribution in [0.3, 0.4) is 0 Å². The molecule has 2 fully saturated rings. The topological polar surface area (TPSA) is 89.9 Å². The number of carbonyl (C=O) groups is 1. The highest BCUT2D eigenvalue weighted by atomic mass is 32.2. The van der Waals surface area contributed by atoms with Gasteiger partial charge in [0.15, 0.2) is 5.82 Å². The molecule has 2 saturated heterocycles. The Bertz CT molecular complexity index is 1010. The molecule has 2 heterocycles. The summed E-state index contributed by atoms with van der Waals surface area (Å²) in [7, 11) is -4.19. The first-order chi connectivity index (χ1) is 13.6. The summed E-state index contributed by atoms with van der Waals surface area (Å²) >= 11 is 0. The Kier molecular flexibility index (Phi) is 4.90. The van der Waals surface area contributed by atoms with E-state index in [1.54, 1.807) is 4.72 Å². The van der Waals surface area contributed by atoms with E-state index in [9.17, 15) is 22.7 Å². The number of anilines is 1. The maximum absolute atomic E-state index is 14.8. The average molecular weight is 421 g/mol. The van der Waals surface area contributed by atoms with Crippen LogP contribution >= 0.6 is 0 Å². The Morgan fingerprint density at radius 2 is 2.07 bits per heavy atom. The minimum Gasteiger partial charge on any atom is -0.506 e. The molecule has 3 aliphatic rings. The van der Waals surface area contributed by atoms with Crippen LogP contribution in [0, 0.1) is 17.7 Å². The summed E-state index contributed by atoms with van der Waals surface area (Å²) in [6, 6.07) is 2.55. The number of amides is 1. The normalized spacial score (nSPS) is 23.4. The molecule has 0 spiro atoms. The molecule has 0 unspecified atom stereocenters. The van der Waals surface area contributed by atoms with E-state index in [4.69, 9.17) is 0 Å². The van der Waals surface area contributed by atoms with Gasteiger partial charge in [0.1, 0.15) is 18.0 Å². The van der Waals surface area contributed by atoms with Crippen molar-refractivity contribution in [3.8, 4) is 5.75 Å². The molecule has 2 aliphatic heterocycles. The quantitative estimate of drug-likeness (QED) is 0.759. The molecule has 1 aromatic rings. The summed E-state index contributed by atoms with van der Waals surface area (Å²) < 4.78 is 41.0. The lowest BCUT2D eigenvalue weighted by atomic mass is 10.0. The van der Waals surface area contributed by atoms with Gasteiger partial charge in [0.2, 0.25) is 0 Å². The van der Waals surface area contributed by atoms with Crippen molar-refractivity contribution in [2.75, 3.05) is 30.5 Å². The van der Waals surface area contributed by atoms with Gasteiger partial charge in [-0.25, -0.2) is 13.4 Å². The van der Waals surface area contributed by atoms with Gasteiger partial charge in [-0.2, -0.15) is 8.42 Å². The van der Waals surface area contributed by atoms with Gasteiger partial charge in [-0.1, -0.05) is 26.0 Å². The lowest BCUT2D eigenvalue weighted by molar-refractivity contribution is -0.117. The number of allylic oxidation sites excluding steroid dienone is 2. The van der Waals surface area contributed by atoms with E-state index < -0.39 is 39.9 Å². The summed E-state index contributed by atoms with van der Waals surface area (Å²) in [5.41, 5.74) is 2.05. The zero-order valence-corrected chi connectivity index (χ0v) is 17.2. The van der Waals surface area contributed by atoms with Crippen molar-refractivity contribution >= 4 is 27.4 Å². The number of phenols is 1. The van der Waals surface area contributed by atoms with Gasteiger partial charge in [0, 0.05) is 19.0 Å². The van der Waals surface area contributed by atoms with E-state index in [0.717, 1.165) is 31.6 Å². The van der Waals surface area contributed by atoms with Crippen molar-refractivity contribution in [2.24, 2.45) is 11.8 Å². The number of carbonyl (C=O) groups excluding carboxylic acids is 1. The van der Waals surface area contributed by atoms with Crippen molar-refractivity contribution in [3.05, 3.63) is 41.2 Å². The number of hydrogen-bond acceptors (Lipinski definition) is 5. The van der Waals surface area contributed by atoms with Gasteiger partial charge in [0.25, 0.3) is 5.91 Å². The van der Waals surface area contributed by atoms with Crippen LogP contribution in [0.15, 0.2) is 29.9 Å². The number of rotatable bonds is 5. The molecule has 1 amide bonds.